The SMILES string of the molecule is CN(C)C[C@H]1[C@H]2C[C@H](CN(C(=O)c3cc(-c4ccccc4)n[nH]3)C2)[C@@H]2CCCC(=O)N21. The van der Waals surface area contributed by atoms with Gasteiger partial charge >= 0.3 is 0 Å². The molecule has 0 unspecified atom stereocenters. The van der Waals surface area contributed by atoms with Crippen LogP contribution in [0.5, 0.6) is 0 Å². The number of nitrogens with zero attached hydrogens (tertiary/aromatic N) is 4. The third-order valence-electron chi connectivity index (χ3n) is 7.21. The van der Waals surface area contributed by atoms with Gasteiger partial charge in [0, 0.05) is 43.7 Å². The van der Waals surface area contributed by atoms with Crippen LogP contribution < -0.4 is 0 Å². The molecule has 0 spiro atoms. The maximum atomic E-state index is 13.4. The van der Waals surface area contributed by atoms with Crippen LogP contribution in [0.3, 0.4) is 0 Å². The summed E-state index contributed by atoms with van der Waals surface area (Å²) < 4.78 is 0. The number of hydrogen-bond acceptors (Lipinski definition) is 4. The minimum absolute atomic E-state index is 0.0172. The second kappa shape index (κ2) is 8.11. The zero-order chi connectivity index (χ0) is 21.5. The Balaban J connectivity index is 1.38. The molecule has 4 heterocycles. The molecule has 7 nitrogen and oxygen atoms in total. The van der Waals surface area contributed by atoms with Gasteiger partial charge in [-0.3, -0.25) is 14.7 Å². The van der Waals surface area contributed by atoms with Crippen LogP contribution in [0, 0.1) is 11.8 Å². The van der Waals surface area contributed by atoms with Crippen LogP contribution in [-0.2, 0) is 4.79 Å². The molecule has 0 aliphatic carbocycles. The first-order valence-corrected chi connectivity index (χ1v) is 11.4. The predicted octanol–water partition coefficient (Wildman–Crippen LogP) is 2.48. The van der Waals surface area contributed by atoms with Gasteiger partial charge in [-0.25, -0.2) is 0 Å². The summed E-state index contributed by atoms with van der Waals surface area (Å²) in [5.41, 5.74) is 2.32. The number of likely N-dealkylation sites (N-methyl/N-ethyl adjacent to an activating group) is 1. The number of fused-ring (bicyclic) bond motifs is 4. The van der Waals surface area contributed by atoms with Gasteiger partial charge in [-0.05, 0) is 51.3 Å². The minimum atomic E-state index is 0.0172. The standard InChI is InChI=1S/C24H31N5O2/c1-27(2)15-22-18-11-17(21-9-6-10-23(30)29(21)22)13-28(14-18)24(31)20-12-19(25-26-20)16-7-4-3-5-8-16/h3-5,7-8,12,17-18,21-22H,6,9-11,13-15H2,1-2H3,(H,25,26)/t17-,18+,21+,22+/m1/s1. The van der Waals surface area contributed by atoms with E-state index < -0.39 is 0 Å². The van der Waals surface area contributed by atoms with E-state index in [1.807, 2.05) is 41.3 Å². The second-order valence-corrected chi connectivity index (χ2v) is 9.59. The van der Waals surface area contributed by atoms with Crippen molar-refractivity contribution in [3.05, 3.63) is 42.1 Å². The summed E-state index contributed by atoms with van der Waals surface area (Å²) in [7, 11) is 4.13. The minimum Gasteiger partial charge on any atom is -0.337 e. The van der Waals surface area contributed by atoms with Crippen LogP contribution >= 0.6 is 0 Å². The normalized spacial score (nSPS) is 28.0. The van der Waals surface area contributed by atoms with Crippen molar-refractivity contribution >= 4 is 11.8 Å². The summed E-state index contributed by atoms with van der Waals surface area (Å²) in [6, 6.07) is 12.2. The van der Waals surface area contributed by atoms with Crippen LogP contribution in [0.1, 0.15) is 36.2 Å². The zero-order valence-electron chi connectivity index (χ0n) is 18.3. The summed E-state index contributed by atoms with van der Waals surface area (Å²) in [4.78, 5) is 32.6. The number of aromatic nitrogens is 2. The van der Waals surface area contributed by atoms with Crippen molar-refractivity contribution in [2.75, 3.05) is 33.7 Å². The highest BCUT2D eigenvalue weighted by Gasteiger charge is 2.50. The fourth-order valence-corrected chi connectivity index (χ4v) is 5.91. The average molecular weight is 422 g/mol. The lowest BCUT2D eigenvalue weighted by atomic mass is 9.72. The Bertz CT molecular complexity index is 956. The number of likely N-dealkylation sites (tertiary alicyclic amines) is 1. The number of carbonyl (C=O) groups is 2. The molecule has 3 fully saturated rings. The van der Waals surface area contributed by atoms with Gasteiger partial charge in [0.05, 0.1) is 5.69 Å². The monoisotopic (exact) mass is 421 g/mol. The molecule has 0 radical (unpaired) electrons. The van der Waals surface area contributed by atoms with Gasteiger partial charge in [0.15, 0.2) is 0 Å². The average Bonchev–Trinajstić information content (AvgIpc) is 3.27. The number of nitrogens with one attached hydrogen (secondary N) is 1. The molecule has 2 bridgehead atoms. The molecule has 2 aromatic rings. The van der Waals surface area contributed by atoms with Gasteiger partial charge in [0.2, 0.25) is 5.91 Å². The fraction of sp³-hybridized carbons (Fsp3) is 0.542. The lowest BCUT2D eigenvalue weighted by Gasteiger charge is -2.57. The molecule has 3 aliphatic heterocycles. The molecule has 5 rings (SSSR count). The van der Waals surface area contributed by atoms with Gasteiger partial charge in [-0.15, -0.1) is 0 Å². The Labute approximate surface area is 183 Å². The highest BCUT2D eigenvalue weighted by atomic mass is 16.2. The van der Waals surface area contributed by atoms with Gasteiger partial charge < -0.3 is 14.7 Å². The molecule has 1 N–H and O–H groups in total. The van der Waals surface area contributed by atoms with E-state index in [1.165, 1.54) is 0 Å². The first kappa shape index (κ1) is 20.2. The first-order valence-electron chi connectivity index (χ1n) is 11.4. The second-order valence-electron chi connectivity index (χ2n) is 9.59. The van der Waals surface area contributed by atoms with Gasteiger partial charge in [0.25, 0.3) is 5.91 Å². The van der Waals surface area contributed by atoms with E-state index in [2.05, 4.69) is 34.1 Å². The maximum absolute atomic E-state index is 13.4. The highest BCUT2D eigenvalue weighted by Crippen LogP contribution is 2.42. The Morgan fingerprint density at radius 1 is 1.19 bits per heavy atom. The molecule has 4 atom stereocenters. The number of carbonyl (C=O) groups excluding carboxylic acids is 2. The molecule has 1 aromatic heterocycles. The molecular formula is C24H31N5O2. The Morgan fingerprint density at radius 3 is 2.74 bits per heavy atom. The number of aromatic amines is 1. The van der Waals surface area contributed by atoms with E-state index in [1.54, 1.807) is 0 Å². The quantitative estimate of drug-likeness (QED) is 0.823. The van der Waals surface area contributed by atoms with E-state index >= 15 is 0 Å². The van der Waals surface area contributed by atoms with Crippen LogP contribution in [0.2, 0.25) is 0 Å². The number of benzene rings is 1. The number of amides is 2. The first-order chi connectivity index (χ1) is 15.0. The molecule has 0 saturated carbocycles. The zero-order valence-corrected chi connectivity index (χ0v) is 18.3. The van der Waals surface area contributed by atoms with Gasteiger partial charge in [0.1, 0.15) is 5.69 Å². The lowest BCUT2D eigenvalue weighted by Crippen LogP contribution is -2.67. The van der Waals surface area contributed by atoms with Crippen LogP contribution in [0.15, 0.2) is 36.4 Å². The van der Waals surface area contributed by atoms with Crippen molar-refractivity contribution < 1.29 is 9.59 Å². The van der Waals surface area contributed by atoms with E-state index in [0.29, 0.717) is 36.4 Å². The molecule has 1 aromatic carbocycles. The van der Waals surface area contributed by atoms with Crippen LogP contribution in [0.4, 0.5) is 0 Å². The third kappa shape index (κ3) is 3.76. The summed E-state index contributed by atoms with van der Waals surface area (Å²) in [5, 5.41) is 7.33. The molecule has 7 heteroatoms. The van der Waals surface area contributed by atoms with Crippen molar-refractivity contribution in [2.45, 2.75) is 37.8 Å². The molecule has 31 heavy (non-hydrogen) atoms. The highest BCUT2D eigenvalue weighted by molar-refractivity contribution is 5.93. The topological polar surface area (TPSA) is 72.5 Å². The van der Waals surface area contributed by atoms with E-state index in [9.17, 15) is 9.59 Å². The lowest BCUT2D eigenvalue weighted by molar-refractivity contribution is -0.152. The molecule has 2 amide bonds. The Kier molecular flexibility index (Phi) is 5.30. The van der Waals surface area contributed by atoms with Crippen molar-refractivity contribution in [3.63, 3.8) is 0 Å². The van der Waals surface area contributed by atoms with E-state index in [0.717, 1.165) is 43.6 Å². The smallest absolute Gasteiger partial charge is 0.271 e. The maximum Gasteiger partial charge on any atom is 0.271 e. The molecule has 164 valence electrons. The van der Waals surface area contributed by atoms with Gasteiger partial charge in [-0.1, -0.05) is 30.3 Å². The van der Waals surface area contributed by atoms with Crippen molar-refractivity contribution in [1.29, 1.82) is 0 Å². The Morgan fingerprint density at radius 2 is 1.97 bits per heavy atom. The summed E-state index contributed by atoms with van der Waals surface area (Å²) in [6.07, 6.45) is 3.79. The predicted molar refractivity (Wildman–Crippen MR) is 118 cm³/mol. The van der Waals surface area contributed by atoms with E-state index in [-0.39, 0.29) is 18.0 Å². The number of rotatable bonds is 4. The fourth-order valence-electron chi connectivity index (χ4n) is 5.91. The number of piperidine rings is 3. The van der Waals surface area contributed by atoms with Crippen LogP contribution in [0.25, 0.3) is 11.3 Å². The third-order valence-corrected chi connectivity index (χ3v) is 7.21. The molecule has 3 aliphatic rings. The van der Waals surface area contributed by atoms with Crippen molar-refractivity contribution in [2.24, 2.45) is 11.8 Å². The summed E-state index contributed by atoms with van der Waals surface area (Å²) in [5.74, 6) is 1.00. The summed E-state index contributed by atoms with van der Waals surface area (Å²) >= 11 is 0. The number of hydrogen-bond donors (Lipinski definition) is 1. The molecular weight excluding hydrogens is 390 g/mol. The number of H-pyrrole nitrogens is 1. The summed E-state index contributed by atoms with van der Waals surface area (Å²) in [6.45, 7) is 2.27. The van der Waals surface area contributed by atoms with Crippen LogP contribution in [-0.4, -0.2) is 82.5 Å². The van der Waals surface area contributed by atoms with E-state index in [4.69, 9.17) is 0 Å². The molecule has 3 saturated heterocycles. The van der Waals surface area contributed by atoms with Crippen molar-refractivity contribution in [1.82, 2.24) is 24.9 Å². The van der Waals surface area contributed by atoms with Gasteiger partial charge in [-0.2, -0.15) is 5.10 Å². The Hall–Kier alpha value is -2.67. The van der Waals surface area contributed by atoms with Crippen molar-refractivity contribution in [3.8, 4) is 11.3 Å². The largest absolute Gasteiger partial charge is 0.337 e.